The molecule has 104 valence electrons. The zero-order valence-corrected chi connectivity index (χ0v) is 12.8. The van der Waals surface area contributed by atoms with Gasteiger partial charge in [-0.15, -0.1) is 0 Å². The van der Waals surface area contributed by atoms with Gasteiger partial charge in [0.1, 0.15) is 17.6 Å². The quantitative estimate of drug-likeness (QED) is 0.903. The number of hydrogen-bond donors (Lipinski definition) is 1. The highest BCUT2D eigenvalue weighted by molar-refractivity contribution is 9.10. The third-order valence-corrected chi connectivity index (χ3v) is 4.09. The molecule has 0 radical (unpaired) electrons. The predicted molar refractivity (Wildman–Crippen MR) is 82.1 cm³/mol. The van der Waals surface area contributed by atoms with Crippen molar-refractivity contribution in [2.45, 2.75) is 18.6 Å². The molecule has 1 heterocycles. The molecular formula is C16H16BrNO2. The van der Waals surface area contributed by atoms with Crippen molar-refractivity contribution in [1.82, 2.24) is 0 Å². The lowest BCUT2D eigenvalue weighted by Crippen LogP contribution is -2.24. The van der Waals surface area contributed by atoms with Crippen LogP contribution in [0.4, 0.5) is 0 Å². The first-order valence-corrected chi connectivity index (χ1v) is 7.32. The summed E-state index contributed by atoms with van der Waals surface area (Å²) in [7, 11) is 1.66. The maximum Gasteiger partial charge on any atom is 0.126 e. The molecule has 0 aliphatic carbocycles. The van der Waals surface area contributed by atoms with E-state index in [9.17, 15) is 0 Å². The van der Waals surface area contributed by atoms with Crippen LogP contribution < -0.4 is 15.2 Å². The third-order valence-electron chi connectivity index (χ3n) is 3.60. The van der Waals surface area contributed by atoms with E-state index in [1.165, 1.54) is 0 Å². The minimum absolute atomic E-state index is 0.00965. The lowest BCUT2D eigenvalue weighted by molar-refractivity contribution is 0.161. The maximum atomic E-state index is 6.27. The molecule has 2 unspecified atom stereocenters. The summed E-state index contributed by atoms with van der Waals surface area (Å²) in [6, 6.07) is 13.9. The van der Waals surface area contributed by atoms with Crippen LogP contribution in [0.1, 0.15) is 29.7 Å². The van der Waals surface area contributed by atoms with Crippen LogP contribution in [-0.4, -0.2) is 7.11 Å². The molecule has 0 spiro atoms. The van der Waals surface area contributed by atoms with Crippen molar-refractivity contribution >= 4 is 15.9 Å². The smallest absolute Gasteiger partial charge is 0.126 e. The SMILES string of the molecule is COc1ccc(C2CC(N)c3cc(Br)ccc3O2)cc1. The summed E-state index contributed by atoms with van der Waals surface area (Å²) in [5.74, 6) is 1.71. The monoisotopic (exact) mass is 333 g/mol. The van der Waals surface area contributed by atoms with E-state index in [0.29, 0.717) is 0 Å². The Kier molecular flexibility index (Phi) is 3.68. The molecule has 2 atom stereocenters. The van der Waals surface area contributed by atoms with Crippen LogP contribution in [0.2, 0.25) is 0 Å². The maximum absolute atomic E-state index is 6.27. The number of benzene rings is 2. The molecule has 0 saturated heterocycles. The molecule has 20 heavy (non-hydrogen) atoms. The Balaban J connectivity index is 1.88. The predicted octanol–water partition coefficient (Wildman–Crippen LogP) is 3.98. The van der Waals surface area contributed by atoms with Crippen molar-refractivity contribution in [2.24, 2.45) is 5.73 Å². The summed E-state index contributed by atoms with van der Waals surface area (Å²) in [5.41, 5.74) is 8.45. The summed E-state index contributed by atoms with van der Waals surface area (Å²) < 4.78 is 12.3. The van der Waals surface area contributed by atoms with E-state index in [0.717, 1.165) is 33.5 Å². The van der Waals surface area contributed by atoms with Crippen LogP contribution >= 0.6 is 15.9 Å². The summed E-state index contributed by atoms with van der Waals surface area (Å²) in [6.45, 7) is 0. The summed E-state index contributed by atoms with van der Waals surface area (Å²) >= 11 is 3.47. The Morgan fingerprint density at radius 1 is 1.20 bits per heavy atom. The number of ether oxygens (including phenoxy) is 2. The molecule has 2 N–H and O–H groups in total. The lowest BCUT2D eigenvalue weighted by atomic mass is 9.93. The van der Waals surface area contributed by atoms with Crippen molar-refractivity contribution in [2.75, 3.05) is 7.11 Å². The number of halogens is 1. The largest absolute Gasteiger partial charge is 0.497 e. The highest BCUT2D eigenvalue weighted by atomic mass is 79.9. The lowest BCUT2D eigenvalue weighted by Gasteiger charge is -2.30. The summed E-state index contributed by atoms with van der Waals surface area (Å²) in [4.78, 5) is 0. The second-order valence-electron chi connectivity index (χ2n) is 4.90. The molecule has 0 aromatic heterocycles. The highest BCUT2D eigenvalue weighted by Crippen LogP contribution is 2.40. The molecule has 3 nitrogen and oxygen atoms in total. The van der Waals surface area contributed by atoms with Gasteiger partial charge in [-0.25, -0.2) is 0 Å². The van der Waals surface area contributed by atoms with Crippen LogP contribution in [0.3, 0.4) is 0 Å². The zero-order valence-electron chi connectivity index (χ0n) is 11.2. The fourth-order valence-electron chi connectivity index (χ4n) is 2.50. The summed E-state index contributed by atoms with van der Waals surface area (Å²) in [6.07, 6.45) is 0.764. The minimum Gasteiger partial charge on any atom is -0.497 e. The van der Waals surface area contributed by atoms with Crippen LogP contribution in [0.5, 0.6) is 11.5 Å². The van der Waals surface area contributed by atoms with Crippen molar-refractivity contribution in [3.8, 4) is 11.5 Å². The molecule has 3 rings (SSSR count). The van der Waals surface area contributed by atoms with E-state index >= 15 is 0 Å². The van der Waals surface area contributed by atoms with Gasteiger partial charge in [0.25, 0.3) is 0 Å². The van der Waals surface area contributed by atoms with Crippen LogP contribution in [0.15, 0.2) is 46.9 Å². The van der Waals surface area contributed by atoms with Gasteiger partial charge in [-0.2, -0.15) is 0 Å². The number of hydrogen-bond acceptors (Lipinski definition) is 3. The van der Waals surface area contributed by atoms with Gasteiger partial charge < -0.3 is 15.2 Å². The van der Waals surface area contributed by atoms with Gasteiger partial charge in [0.05, 0.1) is 7.11 Å². The zero-order chi connectivity index (χ0) is 14.1. The number of fused-ring (bicyclic) bond motifs is 1. The highest BCUT2D eigenvalue weighted by Gasteiger charge is 2.27. The van der Waals surface area contributed by atoms with Gasteiger partial charge in [-0.05, 0) is 35.9 Å². The fraction of sp³-hybridized carbons (Fsp3) is 0.250. The topological polar surface area (TPSA) is 44.5 Å². The molecule has 1 aliphatic heterocycles. The Bertz CT molecular complexity index is 612. The Morgan fingerprint density at radius 2 is 1.95 bits per heavy atom. The molecule has 0 amide bonds. The number of methoxy groups -OCH3 is 1. The van der Waals surface area contributed by atoms with Crippen LogP contribution in [0.25, 0.3) is 0 Å². The van der Waals surface area contributed by atoms with Crippen molar-refractivity contribution in [3.63, 3.8) is 0 Å². The Morgan fingerprint density at radius 3 is 2.65 bits per heavy atom. The van der Waals surface area contributed by atoms with E-state index in [1.54, 1.807) is 7.11 Å². The average molecular weight is 334 g/mol. The third kappa shape index (κ3) is 2.53. The first kappa shape index (κ1) is 13.5. The van der Waals surface area contributed by atoms with Crippen molar-refractivity contribution in [3.05, 3.63) is 58.1 Å². The standard InChI is InChI=1S/C16H16BrNO2/c1-19-12-5-2-10(3-6-12)16-9-14(18)13-8-11(17)4-7-15(13)20-16/h2-8,14,16H,9,18H2,1H3. The van der Waals surface area contributed by atoms with Crippen LogP contribution in [-0.2, 0) is 0 Å². The molecule has 0 fully saturated rings. The van der Waals surface area contributed by atoms with Gasteiger partial charge in [0, 0.05) is 22.5 Å². The molecular weight excluding hydrogens is 318 g/mol. The first-order chi connectivity index (χ1) is 9.67. The Hall–Kier alpha value is -1.52. The van der Waals surface area contributed by atoms with E-state index in [4.69, 9.17) is 15.2 Å². The fourth-order valence-corrected chi connectivity index (χ4v) is 2.88. The number of nitrogens with two attached hydrogens (primary N) is 1. The molecule has 0 bridgehead atoms. The van der Waals surface area contributed by atoms with Gasteiger partial charge in [0.15, 0.2) is 0 Å². The van der Waals surface area contributed by atoms with Crippen molar-refractivity contribution in [1.29, 1.82) is 0 Å². The average Bonchev–Trinajstić information content (AvgIpc) is 2.48. The van der Waals surface area contributed by atoms with Crippen molar-refractivity contribution < 1.29 is 9.47 Å². The molecule has 0 saturated carbocycles. The van der Waals surface area contributed by atoms with E-state index in [-0.39, 0.29) is 12.1 Å². The van der Waals surface area contributed by atoms with Gasteiger partial charge in [-0.3, -0.25) is 0 Å². The minimum atomic E-state index is -0.0108. The van der Waals surface area contributed by atoms with Gasteiger partial charge in [-0.1, -0.05) is 28.1 Å². The van der Waals surface area contributed by atoms with Gasteiger partial charge >= 0.3 is 0 Å². The molecule has 1 aliphatic rings. The molecule has 2 aromatic rings. The number of rotatable bonds is 2. The van der Waals surface area contributed by atoms with E-state index in [1.807, 2.05) is 42.5 Å². The van der Waals surface area contributed by atoms with Gasteiger partial charge in [0.2, 0.25) is 0 Å². The van der Waals surface area contributed by atoms with E-state index < -0.39 is 0 Å². The molecule has 2 aromatic carbocycles. The summed E-state index contributed by atoms with van der Waals surface area (Å²) in [5, 5.41) is 0. The Labute approximate surface area is 126 Å². The second-order valence-corrected chi connectivity index (χ2v) is 5.82. The molecule has 4 heteroatoms. The van der Waals surface area contributed by atoms with Crippen LogP contribution in [0, 0.1) is 0 Å². The second kappa shape index (κ2) is 5.46. The first-order valence-electron chi connectivity index (χ1n) is 6.53. The van der Waals surface area contributed by atoms with E-state index in [2.05, 4.69) is 15.9 Å². The normalized spacial score (nSPS) is 20.9.